The first-order valence-corrected chi connectivity index (χ1v) is 6.86. The van der Waals surface area contributed by atoms with Gasteiger partial charge in [-0.3, -0.25) is 9.98 Å². The van der Waals surface area contributed by atoms with Gasteiger partial charge in [0.15, 0.2) is 0 Å². The number of furan rings is 2. The average Bonchev–Trinajstić information content (AvgIpc) is 3.15. The molecule has 0 radical (unpaired) electrons. The quantitative estimate of drug-likeness (QED) is 0.523. The van der Waals surface area contributed by atoms with E-state index in [1.165, 1.54) is 12.4 Å². The molecule has 22 heavy (non-hydrogen) atoms. The minimum Gasteiger partial charge on any atom is -0.460 e. The van der Waals surface area contributed by atoms with Gasteiger partial charge in [-0.05, 0) is 24.3 Å². The van der Waals surface area contributed by atoms with E-state index in [-0.39, 0.29) is 13.1 Å². The Labute approximate surface area is 127 Å². The van der Waals surface area contributed by atoms with E-state index in [2.05, 4.69) is 9.98 Å². The van der Waals surface area contributed by atoms with Crippen LogP contribution < -0.4 is 0 Å². The molecule has 0 fully saturated rings. The maximum absolute atomic E-state index is 10.2. The lowest BCUT2D eigenvalue weighted by molar-refractivity contribution is -0.107. The fourth-order valence-electron chi connectivity index (χ4n) is 1.81. The van der Waals surface area contributed by atoms with Gasteiger partial charge in [-0.15, -0.1) is 0 Å². The van der Waals surface area contributed by atoms with Crippen molar-refractivity contribution in [2.75, 3.05) is 13.1 Å². The number of aldehydes is 2. The molecule has 0 aliphatic heterocycles. The zero-order valence-electron chi connectivity index (χ0n) is 12.0. The third kappa shape index (κ3) is 4.97. The van der Waals surface area contributed by atoms with Crippen LogP contribution in [0.25, 0.3) is 0 Å². The highest BCUT2D eigenvalue weighted by Crippen LogP contribution is 2.12. The van der Waals surface area contributed by atoms with Gasteiger partial charge < -0.3 is 18.4 Å². The third-order valence-corrected chi connectivity index (χ3v) is 2.78. The number of aryl methyl sites for hydroxylation is 2. The summed E-state index contributed by atoms with van der Waals surface area (Å²) in [6, 6.07) is 7.36. The van der Waals surface area contributed by atoms with Crippen LogP contribution in [-0.2, 0) is 22.4 Å². The molecular weight excluding hydrogens is 284 g/mol. The molecule has 114 valence electrons. The molecule has 2 heterocycles. The van der Waals surface area contributed by atoms with Crippen LogP contribution in [0.5, 0.6) is 0 Å². The number of nitrogens with zero attached hydrogens (tertiary/aromatic N) is 2. The fourth-order valence-corrected chi connectivity index (χ4v) is 1.81. The Morgan fingerprint density at radius 3 is 1.64 bits per heavy atom. The van der Waals surface area contributed by atoms with Gasteiger partial charge >= 0.3 is 0 Å². The van der Waals surface area contributed by atoms with E-state index in [9.17, 15) is 9.59 Å². The van der Waals surface area contributed by atoms with Crippen molar-refractivity contribution < 1.29 is 18.4 Å². The molecule has 0 amide bonds. The Morgan fingerprint density at radius 1 is 0.773 bits per heavy atom. The number of aliphatic imine (C=N–C) groups is 2. The zero-order valence-corrected chi connectivity index (χ0v) is 12.0. The summed E-state index contributed by atoms with van der Waals surface area (Å²) in [6.07, 6.45) is 5.92. The summed E-state index contributed by atoms with van der Waals surface area (Å²) in [4.78, 5) is 28.1. The van der Waals surface area contributed by atoms with E-state index in [1.807, 2.05) is 24.3 Å². The fraction of sp³-hybridized carbons (Fsp3) is 0.250. The normalized spacial score (nSPS) is 11.5. The SMILES string of the molecule is O=CCN=Cc1ccc(CCc2ccc(C=NCC=O)o2)o1. The summed E-state index contributed by atoms with van der Waals surface area (Å²) >= 11 is 0. The molecule has 2 aromatic rings. The molecule has 6 nitrogen and oxygen atoms in total. The summed E-state index contributed by atoms with van der Waals surface area (Å²) in [5.41, 5.74) is 0. The highest BCUT2D eigenvalue weighted by atomic mass is 16.3. The Balaban J connectivity index is 1.85. The average molecular weight is 300 g/mol. The number of hydrogen-bond donors (Lipinski definition) is 0. The first-order valence-electron chi connectivity index (χ1n) is 6.86. The molecule has 0 saturated heterocycles. The Morgan fingerprint density at radius 2 is 1.23 bits per heavy atom. The first kappa shape index (κ1) is 15.6. The lowest BCUT2D eigenvalue weighted by Gasteiger charge is -1.94. The van der Waals surface area contributed by atoms with Crippen LogP contribution in [-0.4, -0.2) is 38.1 Å². The van der Waals surface area contributed by atoms with Crippen molar-refractivity contribution >= 4 is 25.0 Å². The summed E-state index contributed by atoms with van der Waals surface area (Å²) in [6.45, 7) is 0.272. The molecule has 0 aliphatic carbocycles. The lowest BCUT2D eigenvalue weighted by Crippen LogP contribution is -1.88. The van der Waals surface area contributed by atoms with Crippen LogP contribution >= 0.6 is 0 Å². The van der Waals surface area contributed by atoms with E-state index < -0.39 is 0 Å². The van der Waals surface area contributed by atoms with Crippen molar-refractivity contribution in [3.8, 4) is 0 Å². The highest BCUT2D eigenvalue weighted by molar-refractivity contribution is 5.77. The number of hydrogen-bond acceptors (Lipinski definition) is 6. The summed E-state index contributed by atoms with van der Waals surface area (Å²) < 4.78 is 11.1. The Kier molecular flexibility index (Phi) is 6.04. The van der Waals surface area contributed by atoms with Gasteiger partial charge in [0.25, 0.3) is 0 Å². The molecule has 0 aliphatic rings. The summed E-state index contributed by atoms with van der Waals surface area (Å²) in [7, 11) is 0. The standard InChI is InChI=1S/C16H16N2O4/c19-9-7-17-11-15-5-3-13(21-15)1-2-14-4-6-16(22-14)12-18-8-10-20/h3-6,9-12H,1-2,7-8H2. The van der Waals surface area contributed by atoms with E-state index in [0.717, 1.165) is 24.1 Å². The predicted molar refractivity (Wildman–Crippen MR) is 81.9 cm³/mol. The molecule has 2 aromatic heterocycles. The predicted octanol–water partition coefficient (Wildman–Crippen LogP) is 1.89. The maximum Gasteiger partial charge on any atom is 0.144 e. The van der Waals surface area contributed by atoms with Crippen LogP contribution in [0.3, 0.4) is 0 Å². The summed E-state index contributed by atoms with van der Waals surface area (Å²) in [5, 5.41) is 0. The van der Waals surface area contributed by atoms with Gasteiger partial charge in [0.05, 0.1) is 25.5 Å². The number of carbonyl (C=O) groups excluding carboxylic acids is 2. The monoisotopic (exact) mass is 300 g/mol. The van der Waals surface area contributed by atoms with Gasteiger partial charge in [-0.2, -0.15) is 0 Å². The first-order chi connectivity index (χ1) is 10.8. The molecule has 0 bridgehead atoms. The number of carbonyl (C=O) groups is 2. The highest BCUT2D eigenvalue weighted by Gasteiger charge is 2.04. The smallest absolute Gasteiger partial charge is 0.144 e. The van der Waals surface area contributed by atoms with Gasteiger partial charge in [0.1, 0.15) is 35.6 Å². The Hall–Kier alpha value is -2.76. The van der Waals surface area contributed by atoms with Gasteiger partial charge in [0.2, 0.25) is 0 Å². The molecule has 0 saturated carbocycles. The van der Waals surface area contributed by atoms with Crippen LogP contribution in [0.4, 0.5) is 0 Å². The van der Waals surface area contributed by atoms with Crippen molar-refractivity contribution in [2.45, 2.75) is 12.8 Å². The molecule has 0 aromatic carbocycles. The Bertz CT molecular complexity index is 609. The molecular formula is C16H16N2O4. The molecule has 0 spiro atoms. The second-order valence-electron chi connectivity index (χ2n) is 4.43. The van der Waals surface area contributed by atoms with Crippen LogP contribution in [0.1, 0.15) is 23.0 Å². The molecule has 6 heteroatoms. The largest absolute Gasteiger partial charge is 0.460 e. The molecule has 0 atom stereocenters. The topological polar surface area (TPSA) is 85.1 Å². The molecule has 0 unspecified atom stereocenters. The minimum absolute atomic E-state index is 0.136. The maximum atomic E-state index is 10.2. The van der Waals surface area contributed by atoms with Crippen LogP contribution in [0, 0.1) is 0 Å². The van der Waals surface area contributed by atoms with E-state index >= 15 is 0 Å². The van der Waals surface area contributed by atoms with Crippen LogP contribution in [0.2, 0.25) is 0 Å². The molecule has 0 N–H and O–H groups in total. The van der Waals surface area contributed by atoms with E-state index in [0.29, 0.717) is 24.4 Å². The van der Waals surface area contributed by atoms with Crippen molar-refractivity contribution in [3.63, 3.8) is 0 Å². The molecule has 2 rings (SSSR count). The minimum atomic E-state index is 0.136. The van der Waals surface area contributed by atoms with Gasteiger partial charge in [-0.25, -0.2) is 0 Å². The van der Waals surface area contributed by atoms with Gasteiger partial charge in [0, 0.05) is 12.8 Å². The van der Waals surface area contributed by atoms with E-state index in [4.69, 9.17) is 8.83 Å². The van der Waals surface area contributed by atoms with Crippen LogP contribution in [0.15, 0.2) is 43.1 Å². The lowest BCUT2D eigenvalue weighted by atomic mass is 10.2. The third-order valence-electron chi connectivity index (χ3n) is 2.78. The second kappa shape index (κ2) is 8.51. The summed E-state index contributed by atoms with van der Waals surface area (Å²) in [5.74, 6) is 2.89. The van der Waals surface area contributed by atoms with Crippen molar-refractivity contribution in [1.29, 1.82) is 0 Å². The second-order valence-corrected chi connectivity index (χ2v) is 4.43. The van der Waals surface area contributed by atoms with Crippen molar-refractivity contribution in [1.82, 2.24) is 0 Å². The van der Waals surface area contributed by atoms with E-state index in [1.54, 1.807) is 0 Å². The zero-order chi connectivity index (χ0) is 15.6. The number of rotatable bonds is 9. The van der Waals surface area contributed by atoms with Crippen molar-refractivity contribution in [3.05, 3.63) is 47.3 Å². The van der Waals surface area contributed by atoms with Crippen molar-refractivity contribution in [2.24, 2.45) is 9.98 Å². The van der Waals surface area contributed by atoms with Gasteiger partial charge in [-0.1, -0.05) is 0 Å².